The highest BCUT2D eigenvalue weighted by Gasteiger charge is 2.33. The van der Waals surface area contributed by atoms with Gasteiger partial charge in [-0.2, -0.15) is 0 Å². The van der Waals surface area contributed by atoms with Gasteiger partial charge in [-0.1, -0.05) is 26.0 Å². The van der Waals surface area contributed by atoms with E-state index in [1.807, 2.05) is 38.1 Å². The van der Waals surface area contributed by atoms with Gasteiger partial charge in [0.15, 0.2) is 6.29 Å². The lowest BCUT2D eigenvalue weighted by Crippen LogP contribution is -2.39. The summed E-state index contributed by atoms with van der Waals surface area (Å²) in [5.41, 5.74) is 0.941. The maximum Gasteiger partial charge on any atom is 0.184 e. The fraction of sp³-hybridized carbons (Fsp3) is 0.533. The molecule has 0 aliphatic carbocycles. The first-order valence-electron chi connectivity index (χ1n) is 6.52. The van der Waals surface area contributed by atoms with E-state index in [1.54, 1.807) is 7.11 Å². The molecule has 1 aliphatic heterocycles. The Morgan fingerprint density at radius 3 is 2.63 bits per heavy atom. The highest BCUT2D eigenvalue weighted by Crippen LogP contribution is 2.32. The van der Waals surface area contributed by atoms with Crippen LogP contribution in [0.4, 0.5) is 0 Å². The van der Waals surface area contributed by atoms with Crippen LogP contribution < -0.4 is 4.74 Å². The van der Waals surface area contributed by atoms with E-state index >= 15 is 0 Å². The summed E-state index contributed by atoms with van der Waals surface area (Å²) in [6.45, 7) is 4.51. The fourth-order valence-corrected chi connectivity index (χ4v) is 2.31. The fourth-order valence-electron chi connectivity index (χ4n) is 2.31. The number of rotatable bonds is 4. The number of hydrogen-bond acceptors (Lipinski definition) is 4. The molecule has 4 atom stereocenters. The van der Waals surface area contributed by atoms with Gasteiger partial charge in [0.05, 0.1) is 19.8 Å². The summed E-state index contributed by atoms with van der Waals surface area (Å²) >= 11 is 0. The quantitative estimate of drug-likeness (QED) is 0.784. The van der Waals surface area contributed by atoms with Crippen molar-refractivity contribution in [3.63, 3.8) is 0 Å². The van der Waals surface area contributed by atoms with Crippen molar-refractivity contribution in [1.82, 2.24) is 0 Å². The Bertz CT molecular complexity index is 415. The molecule has 104 valence electrons. The number of aldehydes is 1. The van der Waals surface area contributed by atoms with Gasteiger partial charge in [-0.3, -0.25) is 0 Å². The number of ether oxygens (including phenoxy) is 3. The molecule has 4 nitrogen and oxygen atoms in total. The Labute approximate surface area is 113 Å². The molecule has 1 aromatic rings. The standard InChI is InChI=1S/C15H20O4/c1-10(8-16)14-11(2)9-18-15(19-14)12-4-6-13(17-3)7-5-12/h4-8,10-11,14-15H,9H2,1-3H3/t10-,11+,14+,15?/m1/s1. The van der Waals surface area contributed by atoms with Gasteiger partial charge in [-0.25, -0.2) is 0 Å². The molecule has 1 unspecified atom stereocenters. The van der Waals surface area contributed by atoms with Crippen LogP contribution in [0.15, 0.2) is 24.3 Å². The van der Waals surface area contributed by atoms with Crippen LogP contribution in [0.25, 0.3) is 0 Å². The predicted octanol–water partition coefficient (Wildman–Crippen LogP) is 2.58. The lowest BCUT2D eigenvalue weighted by atomic mass is 9.94. The van der Waals surface area contributed by atoms with Crippen LogP contribution in [0.1, 0.15) is 25.7 Å². The van der Waals surface area contributed by atoms with Gasteiger partial charge in [-0.05, 0) is 12.1 Å². The van der Waals surface area contributed by atoms with Gasteiger partial charge in [-0.15, -0.1) is 0 Å². The second-order valence-corrected chi connectivity index (χ2v) is 5.01. The molecular weight excluding hydrogens is 244 g/mol. The van der Waals surface area contributed by atoms with Gasteiger partial charge in [0.1, 0.15) is 12.0 Å². The summed E-state index contributed by atoms with van der Waals surface area (Å²) in [6, 6.07) is 7.58. The molecule has 1 saturated heterocycles. The number of carbonyl (C=O) groups excluding carboxylic acids is 1. The molecule has 0 N–H and O–H groups in total. The van der Waals surface area contributed by atoms with E-state index in [9.17, 15) is 4.79 Å². The van der Waals surface area contributed by atoms with Gasteiger partial charge in [0.25, 0.3) is 0 Å². The van der Waals surface area contributed by atoms with Gasteiger partial charge < -0.3 is 19.0 Å². The molecule has 2 rings (SSSR count). The second kappa shape index (κ2) is 6.17. The zero-order valence-electron chi connectivity index (χ0n) is 11.5. The smallest absolute Gasteiger partial charge is 0.184 e. The van der Waals surface area contributed by atoms with E-state index in [1.165, 1.54) is 0 Å². The maximum atomic E-state index is 10.9. The van der Waals surface area contributed by atoms with Crippen molar-refractivity contribution in [3.05, 3.63) is 29.8 Å². The molecule has 0 aromatic heterocycles. The van der Waals surface area contributed by atoms with Gasteiger partial charge in [0, 0.05) is 17.4 Å². The highest BCUT2D eigenvalue weighted by molar-refractivity contribution is 5.53. The largest absolute Gasteiger partial charge is 0.497 e. The minimum atomic E-state index is -0.408. The van der Waals surface area contributed by atoms with Crippen LogP contribution in [0.2, 0.25) is 0 Å². The average molecular weight is 264 g/mol. The molecule has 0 saturated carbocycles. The zero-order chi connectivity index (χ0) is 13.8. The molecule has 1 aromatic carbocycles. The van der Waals surface area contributed by atoms with E-state index in [0.29, 0.717) is 6.61 Å². The molecular formula is C15H20O4. The highest BCUT2D eigenvalue weighted by atomic mass is 16.7. The molecule has 4 heteroatoms. The van der Waals surface area contributed by atoms with Crippen LogP contribution in [-0.4, -0.2) is 26.1 Å². The molecule has 1 heterocycles. The summed E-state index contributed by atoms with van der Waals surface area (Å²) in [4.78, 5) is 10.9. The zero-order valence-corrected chi connectivity index (χ0v) is 11.5. The Morgan fingerprint density at radius 2 is 2.05 bits per heavy atom. The SMILES string of the molecule is COc1ccc(C2OC[C@H](C)[C@H]([C@H](C)C=O)O2)cc1. The number of carbonyl (C=O) groups is 1. The minimum Gasteiger partial charge on any atom is -0.497 e. The lowest BCUT2D eigenvalue weighted by molar-refractivity contribution is -0.246. The third-order valence-corrected chi connectivity index (χ3v) is 3.47. The van der Waals surface area contributed by atoms with Crippen molar-refractivity contribution in [1.29, 1.82) is 0 Å². The maximum absolute atomic E-state index is 10.9. The minimum absolute atomic E-state index is 0.0987. The van der Waals surface area contributed by atoms with Gasteiger partial charge in [0.2, 0.25) is 0 Å². The number of hydrogen-bond donors (Lipinski definition) is 0. The average Bonchev–Trinajstić information content (AvgIpc) is 2.47. The summed E-state index contributed by atoms with van der Waals surface area (Å²) < 4.78 is 16.7. The third-order valence-electron chi connectivity index (χ3n) is 3.47. The van der Waals surface area contributed by atoms with Gasteiger partial charge >= 0.3 is 0 Å². The van der Waals surface area contributed by atoms with E-state index in [-0.39, 0.29) is 17.9 Å². The van der Waals surface area contributed by atoms with Crippen LogP contribution in [0.5, 0.6) is 5.75 Å². The van der Waals surface area contributed by atoms with E-state index in [2.05, 4.69) is 0 Å². The van der Waals surface area contributed by atoms with Crippen LogP contribution in [-0.2, 0) is 14.3 Å². The third kappa shape index (κ3) is 3.14. The normalized spacial score (nSPS) is 28.7. The van der Waals surface area contributed by atoms with Crippen molar-refractivity contribution in [2.24, 2.45) is 11.8 Å². The van der Waals surface area contributed by atoms with E-state index in [4.69, 9.17) is 14.2 Å². The predicted molar refractivity (Wildman–Crippen MR) is 71.0 cm³/mol. The van der Waals surface area contributed by atoms with E-state index < -0.39 is 6.29 Å². The van der Waals surface area contributed by atoms with Crippen molar-refractivity contribution < 1.29 is 19.0 Å². The monoisotopic (exact) mass is 264 g/mol. The van der Waals surface area contributed by atoms with Crippen LogP contribution in [0, 0.1) is 11.8 Å². The molecule has 0 spiro atoms. The Kier molecular flexibility index (Phi) is 4.56. The van der Waals surface area contributed by atoms with Crippen molar-refractivity contribution >= 4 is 6.29 Å². The van der Waals surface area contributed by atoms with Crippen molar-refractivity contribution in [2.45, 2.75) is 26.2 Å². The first-order valence-corrected chi connectivity index (χ1v) is 6.52. The molecule has 0 amide bonds. The molecule has 0 bridgehead atoms. The van der Waals surface area contributed by atoms with Crippen molar-refractivity contribution in [2.75, 3.05) is 13.7 Å². The summed E-state index contributed by atoms with van der Waals surface area (Å²) in [5, 5.41) is 0. The first kappa shape index (κ1) is 14.0. The second-order valence-electron chi connectivity index (χ2n) is 5.01. The van der Waals surface area contributed by atoms with Crippen LogP contribution >= 0.6 is 0 Å². The Balaban J connectivity index is 2.10. The molecule has 19 heavy (non-hydrogen) atoms. The van der Waals surface area contributed by atoms with Crippen LogP contribution in [0.3, 0.4) is 0 Å². The summed E-state index contributed by atoms with van der Waals surface area (Å²) in [7, 11) is 1.63. The molecule has 1 aliphatic rings. The summed E-state index contributed by atoms with van der Waals surface area (Å²) in [6.07, 6.45) is 0.435. The topological polar surface area (TPSA) is 44.8 Å². The lowest BCUT2D eigenvalue weighted by Gasteiger charge is -2.36. The van der Waals surface area contributed by atoms with E-state index in [0.717, 1.165) is 17.6 Å². The number of methoxy groups -OCH3 is 1. The summed E-state index contributed by atoms with van der Waals surface area (Å²) in [5.74, 6) is 0.889. The molecule has 0 radical (unpaired) electrons. The Morgan fingerprint density at radius 1 is 1.37 bits per heavy atom. The van der Waals surface area contributed by atoms with Crippen molar-refractivity contribution in [3.8, 4) is 5.75 Å². The first-order chi connectivity index (χ1) is 9.15. The molecule has 1 fully saturated rings. The Hall–Kier alpha value is -1.39. The number of benzene rings is 1.